The number of benzene rings is 2. The van der Waals surface area contributed by atoms with Gasteiger partial charge < -0.3 is 10.3 Å². The van der Waals surface area contributed by atoms with E-state index < -0.39 is 0 Å². The third kappa shape index (κ3) is 3.28. The Morgan fingerprint density at radius 3 is 2.71 bits per heavy atom. The minimum absolute atomic E-state index is 0.758. The first-order chi connectivity index (χ1) is 10.2. The van der Waals surface area contributed by atoms with Crippen LogP contribution in [-0.2, 0) is 0 Å². The van der Waals surface area contributed by atoms with Crippen molar-refractivity contribution in [1.82, 2.24) is 10.3 Å². The zero-order chi connectivity index (χ0) is 14.7. The Morgan fingerprint density at radius 1 is 1.14 bits per heavy atom. The Morgan fingerprint density at radius 2 is 1.90 bits per heavy atom. The van der Waals surface area contributed by atoms with Gasteiger partial charge in [0.1, 0.15) is 4.99 Å². The van der Waals surface area contributed by atoms with Crippen molar-refractivity contribution in [3.05, 3.63) is 65.9 Å². The van der Waals surface area contributed by atoms with Gasteiger partial charge in [-0.1, -0.05) is 60.2 Å². The average Bonchev–Trinajstić information content (AvgIpc) is 2.91. The highest BCUT2D eigenvalue weighted by atomic mass is 32.2. The van der Waals surface area contributed by atoms with E-state index in [9.17, 15) is 0 Å². The molecule has 0 unspecified atom stereocenters. The van der Waals surface area contributed by atoms with Crippen molar-refractivity contribution in [3.63, 3.8) is 0 Å². The number of thiocarbonyl (C=S) groups is 1. The number of fused-ring (bicyclic) bond motifs is 1. The van der Waals surface area contributed by atoms with Crippen molar-refractivity contribution in [3.8, 4) is 0 Å². The quantitative estimate of drug-likeness (QED) is 0.422. The van der Waals surface area contributed by atoms with Crippen molar-refractivity contribution < 1.29 is 0 Å². The standard InChI is InChI=1S/C17H16N2S2/c1-12-6-8-13(9-7-12)17(20)19-11-21-16-10-18-15-5-3-2-4-14(15)16/h2-10,18H,11H2,1H3,(H,19,20). The first kappa shape index (κ1) is 14.2. The molecule has 1 heterocycles. The molecule has 0 aliphatic rings. The Labute approximate surface area is 134 Å². The van der Waals surface area contributed by atoms with Crippen LogP contribution in [0.5, 0.6) is 0 Å². The monoisotopic (exact) mass is 312 g/mol. The van der Waals surface area contributed by atoms with Crippen LogP contribution < -0.4 is 5.32 Å². The van der Waals surface area contributed by atoms with Crippen molar-refractivity contribution in [2.45, 2.75) is 11.8 Å². The first-order valence-corrected chi connectivity index (χ1v) is 8.17. The molecule has 4 heteroatoms. The van der Waals surface area contributed by atoms with Crippen LogP contribution in [0.15, 0.2) is 59.6 Å². The highest BCUT2D eigenvalue weighted by molar-refractivity contribution is 7.99. The number of thioether (sulfide) groups is 1. The summed E-state index contributed by atoms with van der Waals surface area (Å²) in [6, 6.07) is 16.6. The van der Waals surface area contributed by atoms with Crippen molar-refractivity contribution >= 4 is 39.9 Å². The van der Waals surface area contributed by atoms with E-state index in [2.05, 4.69) is 59.7 Å². The van der Waals surface area contributed by atoms with Crippen molar-refractivity contribution in [2.24, 2.45) is 0 Å². The molecule has 2 nitrogen and oxygen atoms in total. The Balaban J connectivity index is 1.61. The van der Waals surface area contributed by atoms with Gasteiger partial charge in [-0.3, -0.25) is 0 Å². The summed E-state index contributed by atoms with van der Waals surface area (Å²) in [6.45, 7) is 2.08. The Kier molecular flexibility index (Phi) is 4.27. The molecule has 0 aliphatic carbocycles. The number of aryl methyl sites for hydroxylation is 1. The van der Waals surface area contributed by atoms with Gasteiger partial charge in [0.25, 0.3) is 0 Å². The minimum Gasteiger partial charge on any atom is -0.366 e. The summed E-state index contributed by atoms with van der Waals surface area (Å²) in [4.78, 5) is 5.32. The van der Waals surface area contributed by atoms with Crippen LogP contribution in [0.1, 0.15) is 11.1 Å². The molecule has 0 amide bonds. The summed E-state index contributed by atoms with van der Waals surface area (Å²) in [5.74, 6) is 0.758. The number of aromatic nitrogens is 1. The van der Waals surface area contributed by atoms with Crippen LogP contribution >= 0.6 is 24.0 Å². The number of rotatable bonds is 4. The second-order valence-corrected chi connectivity index (χ2v) is 6.28. The van der Waals surface area contributed by atoms with Gasteiger partial charge >= 0.3 is 0 Å². The summed E-state index contributed by atoms with van der Waals surface area (Å²) >= 11 is 7.18. The molecule has 0 atom stereocenters. The van der Waals surface area contributed by atoms with E-state index in [1.54, 1.807) is 11.8 Å². The smallest absolute Gasteiger partial charge is 0.107 e. The lowest BCUT2D eigenvalue weighted by Crippen LogP contribution is -2.21. The fraction of sp³-hybridized carbons (Fsp3) is 0.118. The van der Waals surface area contributed by atoms with Gasteiger partial charge in [-0.15, -0.1) is 11.8 Å². The molecule has 2 aromatic carbocycles. The van der Waals surface area contributed by atoms with Gasteiger partial charge in [-0.25, -0.2) is 0 Å². The maximum Gasteiger partial charge on any atom is 0.107 e. The molecule has 21 heavy (non-hydrogen) atoms. The maximum atomic E-state index is 5.42. The summed E-state index contributed by atoms with van der Waals surface area (Å²) in [7, 11) is 0. The Hall–Kier alpha value is -1.78. The number of hydrogen-bond acceptors (Lipinski definition) is 2. The zero-order valence-corrected chi connectivity index (χ0v) is 13.4. The number of hydrogen-bond donors (Lipinski definition) is 2. The summed E-state index contributed by atoms with van der Waals surface area (Å²) in [6.07, 6.45) is 2.05. The van der Waals surface area contributed by atoms with Crippen molar-refractivity contribution in [2.75, 3.05) is 5.88 Å². The molecule has 0 spiro atoms. The molecular formula is C17H16N2S2. The van der Waals surface area contributed by atoms with E-state index in [0.29, 0.717) is 0 Å². The summed E-state index contributed by atoms with van der Waals surface area (Å²) in [5, 5.41) is 4.56. The molecule has 0 saturated heterocycles. The van der Waals surface area contributed by atoms with Gasteiger partial charge in [-0.2, -0.15) is 0 Å². The van der Waals surface area contributed by atoms with Crippen LogP contribution in [0.3, 0.4) is 0 Å². The number of H-pyrrole nitrogens is 1. The molecular weight excluding hydrogens is 296 g/mol. The average molecular weight is 312 g/mol. The molecule has 0 bridgehead atoms. The summed E-state index contributed by atoms with van der Waals surface area (Å²) in [5.41, 5.74) is 3.48. The van der Waals surface area contributed by atoms with E-state index >= 15 is 0 Å². The molecule has 106 valence electrons. The second kappa shape index (κ2) is 6.33. The van der Waals surface area contributed by atoms with Crippen LogP contribution in [0.25, 0.3) is 10.9 Å². The second-order valence-electron chi connectivity index (χ2n) is 4.86. The van der Waals surface area contributed by atoms with E-state index in [0.717, 1.165) is 16.4 Å². The van der Waals surface area contributed by atoms with Crippen LogP contribution in [0, 0.1) is 6.92 Å². The molecule has 3 rings (SSSR count). The third-order valence-electron chi connectivity index (χ3n) is 3.33. The van der Waals surface area contributed by atoms with Gasteiger partial charge in [0.05, 0.1) is 5.88 Å². The number of nitrogens with one attached hydrogen (secondary N) is 2. The Bertz CT molecular complexity index is 760. The lowest BCUT2D eigenvalue weighted by molar-refractivity contribution is 1.15. The largest absolute Gasteiger partial charge is 0.366 e. The molecule has 0 aliphatic heterocycles. The molecule has 0 fully saturated rings. The minimum atomic E-state index is 0.758. The number of aromatic amines is 1. The first-order valence-electron chi connectivity index (χ1n) is 6.78. The lowest BCUT2D eigenvalue weighted by atomic mass is 10.1. The SMILES string of the molecule is Cc1ccc(C(=S)NCSc2c[nH]c3ccccc23)cc1. The maximum absolute atomic E-state index is 5.42. The van der Waals surface area contributed by atoms with Gasteiger partial charge in [-0.05, 0) is 13.0 Å². The van der Waals surface area contributed by atoms with Crippen LogP contribution in [0.2, 0.25) is 0 Å². The van der Waals surface area contributed by atoms with Crippen molar-refractivity contribution in [1.29, 1.82) is 0 Å². The normalized spacial score (nSPS) is 10.7. The predicted octanol–water partition coefficient (Wildman–Crippen LogP) is 4.49. The van der Waals surface area contributed by atoms with E-state index in [1.807, 2.05) is 12.3 Å². The molecule has 1 aromatic heterocycles. The molecule has 0 radical (unpaired) electrons. The number of para-hydroxylation sites is 1. The predicted molar refractivity (Wildman–Crippen MR) is 95.0 cm³/mol. The zero-order valence-electron chi connectivity index (χ0n) is 11.7. The highest BCUT2D eigenvalue weighted by Gasteiger charge is 2.04. The highest BCUT2D eigenvalue weighted by Crippen LogP contribution is 2.26. The fourth-order valence-corrected chi connectivity index (χ4v) is 3.30. The van der Waals surface area contributed by atoms with Crippen LogP contribution in [-0.4, -0.2) is 15.8 Å². The lowest BCUT2D eigenvalue weighted by Gasteiger charge is -2.07. The molecule has 2 N–H and O–H groups in total. The molecule has 3 aromatic rings. The summed E-state index contributed by atoms with van der Waals surface area (Å²) < 4.78 is 0. The van der Waals surface area contributed by atoms with Gasteiger partial charge in [0, 0.05) is 27.6 Å². The fourth-order valence-electron chi connectivity index (χ4n) is 2.15. The van der Waals surface area contributed by atoms with E-state index in [4.69, 9.17) is 12.2 Å². The van der Waals surface area contributed by atoms with E-state index in [-0.39, 0.29) is 0 Å². The topological polar surface area (TPSA) is 27.8 Å². The van der Waals surface area contributed by atoms with Gasteiger partial charge in [0.15, 0.2) is 0 Å². The third-order valence-corrected chi connectivity index (χ3v) is 4.64. The van der Waals surface area contributed by atoms with E-state index in [1.165, 1.54) is 21.4 Å². The molecule has 0 saturated carbocycles. The van der Waals surface area contributed by atoms with Crippen LogP contribution in [0.4, 0.5) is 0 Å². The van der Waals surface area contributed by atoms with Gasteiger partial charge in [0.2, 0.25) is 0 Å².